The summed E-state index contributed by atoms with van der Waals surface area (Å²) in [5.74, 6) is 1.00. The van der Waals surface area contributed by atoms with Crippen LogP contribution in [-0.4, -0.2) is 27.0 Å². The maximum absolute atomic E-state index is 12.3. The number of hydrogen-bond acceptors (Lipinski definition) is 7. The monoisotopic (exact) mass is 712 g/mol. The number of benzene rings is 6. The molecule has 252 valence electrons. The molecule has 6 aromatic rings. The fourth-order valence-corrected chi connectivity index (χ4v) is 8.32. The Kier molecular flexibility index (Phi) is 10.8. The summed E-state index contributed by atoms with van der Waals surface area (Å²) in [6, 6.07) is 44.3. The molecule has 49 heavy (non-hydrogen) atoms. The molecule has 0 aliphatic heterocycles. The largest absolute Gasteiger partial charge is 0.744 e. The van der Waals surface area contributed by atoms with Crippen LogP contribution in [0, 0.1) is 6.92 Å². The minimum Gasteiger partial charge on any atom is -0.744 e. The lowest BCUT2D eigenvalue weighted by molar-refractivity contribution is 0.131. The molecule has 10 heteroatoms. The van der Waals surface area contributed by atoms with Gasteiger partial charge >= 0.3 is 10.1 Å². The van der Waals surface area contributed by atoms with Crippen LogP contribution in [0.15, 0.2) is 170 Å². The molecular weight excluding hydrogens is 677 g/mol. The first-order chi connectivity index (χ1) is 23.2. The van der Waals surface area contributed by atoms with E-state index in [1.807, 2.05) is 6.92 Å². The number of rotatable bonds is 8. The van der Waals surface area contributed by atoms with Crippen molar-refractivity contribution in [2.24, 2.45) is 0 Å². The molecule has 7 nitrogen and oxygen atoms in total. The van der Waals surface area contributed by atoms with Gasteiger partial charge in [-0.15, -0.1) is 0 Å². The second-order valence-electron chi connectivity index (χ2n) is 12.1. The predicted octanol–water partition coefficient (Wildman–Crippen LogP) is 8.78. The normalized spacial score (nSPS) is 11.9. The molecule has 0 aromatic heterocycles. The summed E-state index contributed by atoms with van der Waals surface area (Å²) in [6.07, 6.45) is 0. The summed E-state index contributed by atoms with van der Waals surface area (Å²) in [6.45, 7) is 8.05. The minimum absolute atomic E-state index is 0.0333. The Bertz CT molecular complexity index is 2190. The highest BCUT2D eigenvalue weighted by atomic mass is 32.2. The highest BCUT2D eigenvalue weighted by molar-refractivity contribution is 7.97. The number of aryl methyl sites for hydroxylation is 1. The van der Waals surface area contributed by atoms with Gasteiger partial charge in [0.1, 0.15) is 32.1 Å². The summed E-state index contributed by atoms with van der Waals surface area (Å²) in [4.78, 5) is 3.64. The van der Waals surface area contributed by atoms with Gasteiger partial charge in [0.05, 0.1) is 15.8 Å². The molecule has 0 heterocycles. The number of ether oxygens (including phenoxy) is 1. The maximum Gasteiger partial charge on any atom is 0.339 e. The van der Waals surface area contributed by atoms with Crippen molar-refractivity contribution >= 4 is 41.9 Å². The Morgan fingerprint density at radius 3 is 1.55 bits per heavy atom. The van der Waals surface area contributed by atoms with Gasteiger partial charge in [-0.3, -0.25) is 0 Å². The van der Waals surface area contributed by atoms with Gasteiger partial charge in [0.2, 0.25) is 0 Å². The third-order valence-electron chi connectivity index (χ3n) is 7.03. The summed E-state index contributed by atoms with van der Waals surface area (Å²) in [7, 11) is -8.63. The molecule has 0 spiro atoms. The molecule has 0 N–H and O–H groups in total. The first-order valence-electron chi connectivity index (χ1n) is 15.3. The lowest BCUT2D eigenvalue weighted by Crippen LogP contribution is -2.22. The van der Waals surface area contributed by atoms with E-state index in [9.17, 15) is 21.4 Å². The molecule has 0 saturated carbocycles. The summed E-state index contributed by atoms with van der Waals surface area (Å²) < 4.78 is 68.8. The zero-order chi connectivity index (χ0) is 35.2. The third-order valence-corrected chi connectivity index (χ3v) is 11.4. The maximum atomic E-state index is 12.3. The van der Waals surface area contributed by atoms with E-state index in [0.717, 1.165) is 11.3 Å². The van der Waals surface area contributed by atoms with E-state index in [1.54, 1.807) is 12.1 Å². The SMILES string of the molecule is CC(C)(C)Oc1ccc([S+](c2ccccc2)c2ccccc2)cc1.Cc1ccc(S(=O)(=O)Oc2ccc3cc(S(=O)(=O)[O-])ccc3c2)cc1. The van der Waals surface area contributed by atoms with E-state index in [0.29, 0.717) is 10.8 Å². The van der Waals surface area contributed by atoms with E-state index in [2.05, 4.69) is 106 Å². The first-order valence-corrected chi connectivity index (χ1v) is 19.4. The van der Waals surface area contributed by atoms with Crippen molar-refractivity contribution in [1.82, 2.24) is 0 Å². The van der Waals surface area contributed by atoms with Gasteiger partial charge in [-0.2, -0.15) is 8.42 Å². The summed E-state index contributed by atoms with van der Waals surface area (Å²) in [5, 5.41) is 1.03. The van der Waals surface area contributed by atoms with Crippen molar-refractivity contribution in [2.45, 2.75) is 57.8 Å². The van der Waals surface area contributed by atoms with Gasteiger partial charge in [-0.25, -0.2) is 8.42 Å². The van der Waals surface area contributed by atoms with Crippen LogP contribution in [0.3, 0.4) is 0 Å². The van der Waals surface area contributed by atoms with E-state index in [1.165, 1.54) is 63.2 Å². The Morgan fingerprint density at radius 2 is 1.02 bits per heavy atom. The smallest absolute Gasteiger partial charge is 0.339 e. The van der Waals surface area contributed by atoms with Crippen LogP contribution in [0.25, 0.3) is 10.8 Å². The van der Waals surface area contributed by atoms with Crippen molar-refractivity contribution < 1.29 is 30.3 Å². The fourth-order valence-electron chi connectivity index (χ4n) is 4.81. The van der Waals surface area contributed by atoms with Gasteiger partial charge in [0, 0.05) is 0 Å². The average molecular weight is 713 g/mol. The Labute approximate surface area is 291 Å². The molecule has 0 atom stereocenters. The number of hydrogen-bond donors (Lipinski definition) is 0. The quantitative estimate of drug-likeness (QED) is 0.0882. The van der Waals surface area contributed by atoms with Gasteiger partial charge in [0.15, 0.2) is 14.7 Å². The molecule has 0 aliphatic carbocycles. The zero-order valence-electron chi connectivity index (χ0n) is 27.4. The standard InChI is InChI=1S/C22H23OS.C17H14O6S2/c1-22(2,3)23-18-14-16-21(17-15-18)24(19-10-6-4-7-11-19)20-12-8-5-9-13-20;1-12-2-7-16(8-3-12)25(21,22)23-15-6-4-14-11-17(24(18,19)20)9-5-13(14)10-15/h4-17H,1-3H3;2-11H,1H3,(H,18,19,20)/q+1;/p-1. The van der Waals surface area contributed by atoms with Gasteiger partial charge in [-0.05, 0) is 123 Å². The van der Waals surface area contributed by atoms with Crippen molar-refractivity contribution in [1.29, 1.82) is 0 Å². The Morgan fingerprint density at radius 1 is 0.551 bits per heavy atom. The lowest BCUT2D eigenvalue weighted by Gasteiger charge is -2.21. The van der Waals surface area contributed by atoms with E-state index in [-0.39, 0.29) is 32.0 Å². The van der Waals surface area contributed by atoms with Crippen LogP contribution < -0.4 is 8.92 Å². The molecular formula is C39H36O7S3. The second-order valence-corrected chi connectivity index (χ2v) is 17.0. The highest BCUT2D eigenvalue weighted by Crippen LogP contribution is 2.32. The molecule has 0 radical (unpaired) electrons. The van der Waals surface area contributed by atoms with E-state index in [4.69, 9.17) is 8.92 Å². The molecule has 0 bridgehead atoms. The van der Waals surface area contributed by atoms with Gasteiger partial charge in [0.25, 0.3) is 0 Å². The van der Waals surface area contributed by atoms with Crippen LogP contribution in [0.2, 0.25) is 0 Å². The number of fused-ring (bicyclic) bond motifs is 1. The summed E-state index contributed by atoms with van der Waals surface area (Å²) in [5.41, 5.74) is 0.746. The molecule has 0 saturated heterocycles. The fraction of sp³-hybridized carbons (Fsp3) is 0.128. The molecule has 0 unspecified atom stereocenters. The molecule has 6 aromatic carbocycles. The van der Waals surface area contributed by atoms with Crippen LogP contribution in [-0.2, 0) is 31.1 Å². The van der Waals surface area contributed by atoms with Crippen LogP contribution >= 0.6 is 0 Å². The zero-order valence-corrected chi connectivity index (χ0v) is 29.9. The predicted molar refractivity (Wildman–Crippen MR) is 193 cm³/mol. The van der Waals surface area contributed by atoms with E-state index < -0.39 is 20.2 Å². The van der Waals surface area contributed by atoms with Gasteiger partial charge < -0.3 is 13.5 Å². The van der Waals surface area contributed by atoms with Crippen molar-refractivity contribution in [3.05, 3.63) is 151 Å². The average Bonchev–Trinajstić information content (AvgIpc) is 3.06. The topological polar surface area (TPSA) is 110 Å². The molecule has 0 amide bonds. The Hall–Kier alpha value is -4.61. The van der Waals surface area contributed by atoms with Crippen LogP contribution in [0.4, 0.5) is 0 Å². The van der Waals surface area contributed by atoms with E-state index >= 15 is 0 Å². The van der Waals surface area contributed by atoms with Crippen molar-refractivity contribution in [3.63, 3.8) is 0 Å². The van der Waals surface area contributed by atoms with Crippen molar-refractivity contribution in [3.8, 4) is 11.5 Å². The van der Waals surface area contributed by atoms with Crippen LogP contribution in [0.1, 0.15) is 26.3 Å². The lowest BCUT2D eigenvalue weighted by atomic mass is 10.1. The second kappa shape index (κ2) is 14.9. The first kappa shape index (κ1) is 35.7. The molecule has 0 aliphatic rings. The van der Waals surface area contributed by atoms with Crippen LogP contribution in [0.5, 0.6) is 11.5 Å². The van der Waals surface area contributed by atoms with Gasteiger partial charge in [-0.1, -0.05) is 66.2 Å². The summed E-state index contributed by atoms with van der Waals surface area (Å²) >= 11 is 0. The Balaban J connectivity index is 0.000000191. The van der Waals surface area contributed by atoms with Crippen molar-refractivity contribution in [2.75, 3.05) is 0 Å². The highest BCUT2D eigenvalue weighted by Gasteiger charge is 2.28. The minimum atomic E-state index is -4.55. The molecule has 6 rings (SSSR count). The third kappa shape index (κ3) is 9.73. The molecule has 0 fully saturated rings.